The number of furan rings is 2. The van der Waals surface area contributed by atoms with Gasteiger partial charge in [-0.05, 0) is 19.1 Å². The molecule has 1 atom stereocenters. The van der Waals surface area contributed by atoms with Crippen molar-refractivity contribution in [1.82, 2.24) is 0 Å². The fraction of sp³-hybridized carbons (Fsp3) is 0.231. The fourth-order valence-corrected chi connectivity index (χ4v) is 2.32. The molecule has 0 saturated carbocycles. The fourth-order valence-electron chi connectivity index (χ4n) is 2.32. The van der Waals surface area contributed by atoms with Gasteiger partial charge >= 0.3 is 0 Å². The summed E-state index contributed by atoms with van der Waals surface area (Å²) in [6.45, 7) is 2.13. The van der Waals surface area contributed by atoms with Gasteiger partial charge in [-0.15, -0.1) is 0 Å². The van der Waals surface area contributed by atoms with E-state index in [-0.39, 0.29) is 6.54 Å². The largest absolute Gasteiger partial charge is 0.464 e. The summed E-state index contributed by atoms with van der Waals surface area (Å²) in [6, 6.07) is 3.71. The predicted octanol–water partition coefficient (Wildman–Crippen LogP) is 2.48. The van der Waals surface area contributed by atoms with Crippen LogP contribution >= 0.6 is 0 Å². The van der Waals surface area contributed by atoms with Crippen LogP contribution in [0, 0.1) is 6.92 Å². The molecule has 2 heterocycles. The molecule has 2 aromatic heterocycles. The topological polar surface area (TPSA) is 72.5 Å². The smallest absolute Gasteiger partial charge is 0.140 e. The number of hydrogen-bond donors (Lipinski definition) is 2. The molecule has 17 heavy (non-hydrogen) atoms. The number of nitrogens with two attached hydrogens (primary N) is 1. The first kappa shape index (κ1) is 10.4. The third-order valence-electron chi connectivity index (χ3n) is 3.17. The van der Waals surface area contributed by atoms with Crippen LogP contribution in [0.2, 0.25) is 0 Å². The standard InChI is InChI=1S/C13H13NO3/c1-7-8-2-4-17-13(8)11(10(15)6-14)9-3-5-16-12(7)9/h2-5,10,15H,6,14H2,1H3. The summed E-state index contributed by atoms with van der Waals surface area (Å²) in [6.07, 6.45) is 2.48. The normalized spacial score (nSPS) is 13.6. The van der Waals surface area contributed by atoms with Crippen LogP contribution in [0.3, 0.4) is 0 Å². The highest BCUT2D eigenvalue weighted by Gasteiger charge is 2.20. The summed E-state index contributed by atoms with van der Waals surface area (Å²) >= 11 is 0. The molecule has 1 unspecified atom stereocenters. The van der Waals surface area contributed by atoms with Gasteiger partial charge in [0, 0.05) is 28.4 Å². The van der Waals surface area contributed by atoms with Crippen molar-refractivity contribution in [3.05, 3.63) is 35.8 Å². The molecular formula is C13H13NO3. The number of hydrogen-bond acceptors (Lipinski definition) is 4. The summed E-state index contributed by atoms with van der Waals surface area (Å²) in [7, 11) is 0. The number of fused-ring (bicyclic) bond motifs is 2. The molecule has 1 aromatic carbocycles. The Morgan fingerprint density at radius 2 is 1.82 bits per heavy atom. The predicted molar refractivity (Wildman–Crippen MR) is 64.7 cm³/mol. The first-order valence-corrected chi connectivity index (χ1v) is 5.49. The van der Waals surface area contributed by atoms with Crippen molar-refractivity contribution in [3.63, 3.8) is 0 Å². The molecule has 0 radical (unpaired) electrons. The Kier molecular flexibility index (Phi) is 2.21. The van der Waals surface area contributed by atoms with Gasteiger partial charge in [0.05, 0.1) is 18.6 Å². The average Bonchev–Trinajstić information content (AvgIpc) is 2.96. The zero-order valence-corrected chi connectivity index (χ0v) is 9.43. The highest BCUT2D eigenvalue weighted by atomic mass is 16.3. The lowest BCUT2D eigenvalue weighted by molar-refractivity contribution is 0.188. The van der Waals surface area contributed by atoms with Gasteiger partial charge in [-0.25, -0.2) is 0 Å². The first-order valence-electron chi connectivity index (χ1n) is 5.49. The summed E-state index contributed by atoms with van der Waals surface area (Å²) in [5.41, 5.74) is 8.73. The van der Waals surface area contributed by atoms with Gasteiger partial charge in [0.15, 0.2) is 0 Å². The van der Waals surface area contributed by atoms with Gasteiger partial charge in [-0.1, -0.05) is 0 Å². The quantitative estimate of drug-likeness (QED) is 0.710. The van der Waals surface area contributed by atoms with E-state index >= 15 is 0 Å². The molecule has 0 aliphatic rings. The van der Waals surface area contributed by atoms with Crippen LogP contribution in [0.15, 0.2) is 33.5 Å². The lowest BCUT2D eigenvalue weighted by atomic mass is 9.98. The summed E-state index contributed by atoms with van der Waals surface area (Å²) < 4.78 is 10.9. The molecule has 3 N–H and O–H groups in total. The van der Waals surface area contributed by atoms with Gasteiger partial charge in [0.25, 0.3) is 0 Å². The van der Waals surface area contributed by atoms with Crippen LogP contribution in [0.1, 0.15) is 17.2 Å². The highest BCUT2D eigenvalue weighted by Crippen LogP contribution is 2.36. The molecule has 4 nitrogen and oxygen atoms in total. The monoisotopic (exact) mass is 231 g/mol. The van der Waals surface area contributed by atoms with Crippen molar-refractivity contribution in [2.24, 2.45) is 5.73 Å². The highest BCUT2D eigenvalue weighted by molar-refractivity contribution is 6.01. The van der Waals surface area contributed by atoms with E-state index in [9.17, 15) is 5.11 Å². The van der Waals surface area contributed by atoms with E-state index in [0.717, 1.165) is 21.9 Å². The van der Waals surface area contributed by atoms with Crippen LogP contribution in [0.25, 0.3) is 21.9 Å². The Bertz CT molecular complexity index is 629. The van der Waals surface area contributed by atoms with E-state index in [1.165, 1.54) is 0 Å². The number of aliphatic hydroxyl groups excluding tert-OH is 1. The molecule has 0 amide bonds. The Balaban J connectivity index is 2.52. The lowest BCUT2D eigenvalue weighted by Crippen LogP contribution is -2.12. The second-order valence-electron chi connectivity index (χ2n) is 4.12. The third kappa shape index (κ3) is 1.31. The minimum absolute atomic E-state index is 0.152. The van der Waals surface area contributed by atoms with Crippen molar-refractivity contribution in [1.29, 1.82) is 0 Å². The van der Waals surface area contributed by atoms with Crippen molar-refractivity contribution in [3.8, 4) is 0 Å². The summed E-state index contributed by atoms with van der Waals surface area (Å²) in [4.78, 5) is 0. The molecule has 0 aliphatic heterocycles. The van der Waals surface area contributed by atoms with Gasteiger partial charge < -0.3 is 19.7 Å². The van der Waals surface area contributed by atoms with Crippen LogP contribution in [-0.4, -0.2) is 11.7 Å². The van der Waals surface area contributed by atoms with E-state index in [2.05, 4.69) is 0 Å². The number of aliphatic hydroxyl groups is 1. The number of benzene rings is 1. The van der Waals surface area contributed by atoms with Crippen LogP contribution in [-0.2, 0) is 0 Å². The van der Waals surface area contributed by atoms with Gasteiger partial charge in [-0.2, -0.15) is 0 Å². The second kappa shape index (κ2) is 3.61. The van der Waals surface area contributed by atoms with Crippen LogP contribution < -0.4 is 5.73 Å². The summed E-state index contributed by atoms with van der Waals surface area (Å²) in [5.74, 6) is 0. The van der Waals surface area contributed by atoms with Crippen LogP contribution in [0.5, 0.6) is 0 Å². The van der Waals surface area contributed by atoms with Crippen molar-refractivity contribution < 1.29 is 13.9 Å². The van der Waals surface area contributed by atoms with Crippen LogP contribution in [0.4, 0.5) is 0 Å². The van der Waals surface area contributed by atoms with Crippen molar-refractivity contribution >= 4 is 21.9 Å². The van der Waals surface area contributed by atoms with Crippen molar-refractivity contribution in [2.45, 2.75) is 13.0 Å². The maximum atomic E-state index is 10.0. The van der Waals surface area contributed by atoms with Crippen molar-refractivity contribution in [2.75, 3.05) is 6.54 Å². The van der Waals surface area contributed by atoms with Gasteiger partial charge in [0.2, 0.25) is 0 Å². The molecular weight excluding hydrogens is 218 g/mol. The van der Waals surface area contributed by atoms with E-state index in [4.69, 9.17) is 14.6 Å². The zero-order valence-electron chi connectivity index (χ0n) is 9.43. The Labute approximate surface area is 97.6 Å². The lowest BCUT2D eigenvalue weighted by Gasteiger charge is -2.11. The average molecular weight is 231 g/mol. The molecule has 0 bridgehead atoms. The molecule has 3 aromatic rings. The molecule has 0 fully saturated rings. The van der Waals surface area contributed by atoms with E-state index in [1.807, 2.05) is 19.1 Å². The van der Waals surface area contributed by atoms with Gasteiger partial charge in [0.1, 0.15) is 11.2 Å². The number of aryl methyl sites for hydroxylation is 1. The Hall–Kier alpha value is -1.78. The van der Waals surface area contributed by atoms with E-state index in [1.54, 1.807) is 12.5 Å². The SMILES string of the molecule is Cc1c2ccoc2c(C(O)CN)c2ccoc12. The Morgan fingerprint density at radius 3 is 2.53 bits per heavy atom. The maximum absolute atomic E-state index is 10.0. The third-order valence-corrected chi connectivity index (χ3v) is 3.17. The Morgan fingerprint density at radius 1 is 1.18 bits per heavy atom. The van der Waals surface area contributed by atoms with Gasteiger partial charge in [-0.3, -0.25) is 0 Å². The molecule has 0 saturated heterocycles. The minimum Gasteiger partial charge on any atom is -0.464 e. The first-order chi connectivity index (χ1) is 8.24. The van der Waals surface area contributed by atoms with E-state index < -0.39 is 6.10 Å². The molecule has 0 aliphatic carbocycles. The molecule has 3 rings (SSSR count). The maximum Gasteiger partial charge on any atom is 0.140 e. The second-order valence-corrected chi connectivity index (χ2v) is 4.12. The molecule has 0 spiro atoms. The molecule has 88 valence electrons. The minimum atomic E-state index is -0.746. The zero-order chi connectivity index (χ0) is 12.0. The van der Waals surface area contributed by atoms with E-state index in [0.29, 0.717) is 11.1 Å². The number of rotatable bonds is 2. The molecule has 4 heteroatoms. The summed E-state index contributed by atoms with van der Waals surface area (Å²) in [5, 5.41) is 11.8.